The van der Waals surface area contributed by atoms with Gasteiger partial charge in [-0.2, -0.15) is 0 Å². The van der Waals surface area contributed by atoms with E-state index in [1.165, 1.54) is 0 Å². The average Bonchev–Trinajstić information content (AvgIpc) is 1.89. The molecule has 0 radical (unpaired) electrons. The molecule has 62 valence electrons. The summed E-state index contributed by atoms with van der Waals surface area (Å²) in [6.45, 7) is 5.15. The molecule has 0 amide bonds. The Morgan fingerprint density at radius 3 is 2.60 bits per heavy atom. The molecule has 0 aliphatic carbocycles. The molecule has 0 bridgehead atoms. The van der Waals surface area contributed by atoms with Crippen LogP contribution in [0.15, 0.2) is 0 Å². The minimum absolute atomic E-state index is 0.0246. The second-order valence-corrected chi connectivity index (χ2v) is 2.18. The van der Waals surface area contributed by atoms with E-state index in [2.05, 4.69) is 0 Å². The van der Waals surface area contributed by atoms with Crippen molar-refractivity contribution in [3.05, 3.63) is 0 Å². The monoisotopic (exact) mass is 148 g/mol. The second-order valence-electron chi connectivity index (χ2n) is 2.18. The summed E-state index contributed by atoms with van der Waals surface area (Å²) in [7, 11) is 1.64. The van der Waals surface area contributed by atoms with Gasteiger partial charge in [-0.1, -0.05) is 6.92 Å². The van der Waals surface area contributed by atoms with E-state index in [9.17, 15) is 0 Å². The highest BCUT2D eigenvalue weighted by Crippen LogP contribution is 1.92. The van der Waals surface area contributed by atoms with Crippen LogP contribution in [0, 0.1) is 0 Å². The first-order chi connectivity index (χ1) is 4.81. The van der Waals surface area contributed by atoms with E-state index in [0.717, 1.165) is 6.42 Å². The molecule has 0 aromatic rings. The zero-order chi connectivity index (χ0) is 7.82. The van der Waals surface area contributed by atoms with Crippen molar-refractivity contribution in [1.29, 1.82) is 0 Å². The van der Waals surface area contributed by atoms with Gasteiger partial charge in [0.15, 0.2) is 0 Å². The summed E-state index contributed by atoms with van der Waals surface area (Å²) >= 11 is 0. The van der Waals surface area contributed by atoms with Gasteiger partial charge >= 0.3 is 0 Å². The van der Waals surface area contributed by atoms with E-state index in [4.69, 9.17) is 14.5 Å². The fraction of sp³-hybridized carbons (Fsp3) is 1.00. The molecular weight excluding hydrogens is 132 g/mol. The second kappa shape index (κ2) is 6.99. The Labute approximate surface area is 62.2 Å². The largest absolute Gasteiger partial charge is 0.382 e. The summed E-state index contributed by atoms with van der Waals surface area (Å²) in [6, 6.07) is 0. The molecule has 0 saturated carbocycles. The van der Waals surface area contributed by atoms with E-state index >= 15 is 0 Å². The summed E-state index contributed by atoms with van der Waals surface area (Å²) in [5.74, 6) is 0. The maximum atomic E-state index is 4.90. The Kier molecular flexibility index (Phi) is 6.91. The predicted octanol–water partition coefficient (Wildman–Crippen LogP) is 1.38. The van der Waals surface area contributed by atoms with Crippen molar-refractivity contribution >= 4 is 0 Å². The summed E-state index contributed by atoms with van der Waals surface area (Å²) in [5.41, 5.74) is 0. The van der Waals surface area contributed by atoms with Crippen molar-refractivity contribution in [2.75, 3.05) is 20.3 Å². The summed E-state index contributed by atoms with van der Waals surface area (Å²) in [6.07, 6.45) is 0.997. The molecule has 0 saturated heterocycles. The fourth-order valence-electron chi connectivity index (χ4n) is 0.510. The van der Waals surface area contributed by atoms with Gasteiger partial charge in [-0.05, 0) is 13.3 Å². The normalized spacial score (nSPS) is 13.5. The van der Waals surface area contributed by atoms with Gasteiger partial charge < -0.3 is 4.74 Å². The van der Waals surface area contributed by atoms with Gasteiger partial charge in [0.05, 0.1) is 13.2 Å². The van der Waals surface area contributed by atoms with Crippen molar-refractivity contribution in [2.24, 2.45) is 0 Å². The van der Waals surface area contributed by atoms with Gasteiger partial charge in [-0.3, -0.25) is 0 Å². The molecule has 0 heterocycles. The van der Waals surface area contributed by atoms with Gasteiger partial charge in [0.25, 0.3) is 0 Å². The number of ether oxygens (including phenoxy) is 1. The topological polar surface area (TPSA) is 27.7 Å². The van der Waals surface area contributed by atoms with Crippen LogP contribution in [-0.2, 0) is 14.5 Å². The first-order valence-corrected chi connectivity index (χ1v) is 3.58. The quantitative estimate of drug-likeness (QED) is 0.323. The van der Waals surface area contributed by atoms with Crippen LogP contribution in [0.3, 0.4) is 0 Å². The number of rotatable bonds is 6. The zero-order valence-electron chi connectivity index (χ0n) is 6.92. The van der Waals surface area contributed by atoms with E-state index in [-0.39, 0.29) is 6.10 Å². The van der Waals surface area contributed by atoms with Crippen molar-refractivity contribution in [3.8, 4) is 0 Å². The van der Waals surface area contributed by atoms with Crippen LogP contribution in [0.25, 0.3) is 0 Å². The van der Waals surface area contributed by atoms with Crippen LogP contribution in [0.5, 0.6) is 0 Å². The highest BCUT2D eigenvalue weighted by molar-refractivity contribution is 4.40. The van der Waals surface area contributed by atoms with Crippen molar-refractivity contribution < 1.29 is 14.5 Å². The SMILES string of the molecule is CCCOOC(C)COC. The molecule has 0 aliphatic heterocycles. The molecule has 10 heavy (non-hydrogen) atoms. The van der Waals surface area contributed by atoms with Crippen molar-refractivity contribution in [3.63, 3.8) is 0 Å². The molecule has 1 unspecified atom stereocenters. The molecule has 0 aromatic heterocycles. The lowest BCUT2D eigenvalue weighted by Gasteiger charge is -2.09. The molecule has 0 N–H and O–H groups in total. The van der Waals surface area contributed by atoms with Crippen LogP contribution < -0.4 is 0 Å². The van der Waals surface area contributed by atoms with Crippen LogP contribution in [0.1, 0.15) is 20.3 Å². The minimum Gasteiger partial charge on any atom is -0.382 e. The lowest BCUT2D eigenvalue weighted by Crippen LogP contribution is -2.15. The number of methoxy groups -OCH3 is 1. The highest BCUT2D eigenvalue weighted by atomic mass is 17.2. The Balaban J connectivity index is 2.97. The molecule has 1 atom stereocenters. The molecule has 0 aliphatic rings. The predicted molar refractivity (Wildman–Crippen MR) is 38.7 cm³/mol. The first kappa shape index (κ1) is 9.88. The molecule has 0 spiro atoms. The maximum Gasteiger partial charge on any atom is 0.113 e. The molecule has 0 rings (SSSR count). The van der Waals surface area contributed by atoms with Gasteiger partial charge in [-0.25, -0.2) is 9.78 Å². The van der Waals surface area contributed by atoms with Gasteiger partial charge in [-0.15, -0.1) is 0 Å². The van der Waals surface area contributed by atoms with Crippen LogP contribution in [-0.4, -0.2) is 26.4 Å². The molecule has 3 heteroatoms. The van der Waals surface area contributed by atoms with Crippen LogP contribution in [0.4, 0.5) is 0 Å². The van der Waals surface area contributed by atoms with Crippen molar-refractivity contribution in [2.45, 2.75) is 26.4 Å². The molecule has 0 fully saturated rings. The summed E-state index contributed by atoms with van der Waals surface area (Å²) in [5, 5.41) is 0. The third kappa shape index (κ3) is 6.01. The summed E-state index contributed by atoms with van der Waals surface area (Å²) in [4.78, 5) is 9.71. The summed E-state index contributed by atoms with van der Waals surface area (Å²) < 4.78 is 4.83. The minimum atomic E-state index is 0.0246. The number of hydrogen-bond acceptors (Lipinski definition) is 3. The van der Waals surface area contributed by atoms with E-state index in [0.29, 0.717) is 13.2 Å². The third-order valence-corrected chi connectivity index (χ3v) is 0.921. The van der Waals surface area contributed by atoms with E-state index < -0.39 is 0 Å². The maximum absolute atomic E-state index is 4.90. The molecule has 0 aromatic carbocycles. The van der Waals surface area contributed by atoms with Crippen molar-refractivity contribution in [1.82, 2.24) is 0 Å². The molecular formula is C7H16O3. The van der Waals surface area contributed by atoms with Crippen LogP contribution in [0.2, 0.25) is 0 Å². The Hall–Kier alpha value is -0.120. The zero-order valence-corrected chi connectivity index (χ0v) is 6.92. The lowest BCUT2D eigenvalue weighted by atomic mass is 10.4. The van der Waals surface area contributed by atoms with Crippen LogP contribution >= 0.6 is 0 Å². The van der Waals surface area contributed by atoms with E-state index in [1.54, 1.807) is 7.11 Å². The smallest absolute Gasteiger partial charge is 0.113 e. The van der Waals surface area contributed by atoms with Gasteiger partial charge in [0, 0.05) is 7.11 Å². The first-order valence-electron chi connectivity index (χ1n) is 3.58. The Morgan fingerprint density at radius 2 is 2.10 bits per heavy atom. The fourth-order valence-corrected chi connectivity index (χ4v) is 0.510. The Bertz CT molecular complexity index is 65.9. The van der Waals surface area contributed by atoms with E-state index in [1.807, 2.05) is 13.8 Å². The number of hydrogen-bond donors (Lipinski definition) is 0. The molecule has 3 nitrogen and oxygen atoms in total. The lowest BCUT2D eigenvalue weighted by molar-refractivity contribution is -0.325. The standard InChI is InChI=1S/C7H16O3/c1-4-5-9-10-7(2)6-8-3/h7H,4-6H2,1-3H3. The highest BCUT2D eigenvalue weighted by Gasteiger charge is 2.00. The Morgan fingerprint density at radius 1 is 1.40 bits per heavy atom. The van der Waals surface area contributed by atoms with Gasteiger partial charge in [0.1, 0.15) is 6.10 Å². The third-order valence-electron chi connectivity index (χ3n) is 0.921. The van der Waals surface area contributed by atoms with Gasteiger partial charge in [0.2, 0.25) is 0 Å². The average molecular weight is 148 g/mol.